The van der Waals surface area contributed by atoms with Crippen LogP contribution in [0.2, 0.25) is 0 Å². The van der Waals surface area contributed by atoms with E-state index >= 15 is 0 Å². The zero-order valence-electron chi connectivity index (χ0n) is 11.3. The van der Waals surface area contributed by atoms with Crippen LogP contribution in [0.25, 0.3) is 10.9 Å². The Kier molecular flexibility index (Phi) is 3.62. The fourth-order valence-corrected chi connectivity index (χ4v) is 2.33. The highest BCUT2D eigenvalue weighted by atomic mass is 19.2. The van der Waals surface area contributed by atoms with Crippen molar-refractivity contribution >= 4 is 10.9 Å². The second-order valence-electron chi connectivity index (χ2n) is 5.02. The third-order valence-corrected chi connectivity index (χ3v) is 3.48. The quantitative estimate of drug-likeness (QED) is 0.795. The van der Waals surface area contributed by atoms with Crippen molar-refractivity contribution in [1.29, 1.82) is 0 Å². The molecule has 3 aromatic rings. The van der Waals surface area contributed by atoms with Crippen molar-refractivity contribution in [3.8, 4) is 0 Å². The van der Waals surface area contributed by atoms with Crippen LogP contribution in [0.4, 0.5) is 8.78 Å². The van der Waals surface area contributed by atoms with Crippen molar-refractivity contribution < 1.29 is 8.78 Å². The average Bonchev–Trinajstić information content (AvgIpc) is 2.50. The van der Waals surface area contributed by atoms with Crippen molar-refractivity contribution in [1.82, 2.24) is 4.98 Å². The van der Waals surface area contributed by atoms with Crippen LogP contribution in [0.1, 0.15) is 17.2 Å². The smallest absolute Gasteiger partial charge is 0.159 e. The summed E-state index contributed by atoms with van der Waals surface area (Å²) in [4.78, 5) is 4.36. The largest absolute Gasteiger partial charge is 0.324 e. The number of halogens is 2. The monoisotopic (exact) mass is 284 g/mol. The van der Waals surface area contributed by atoms with Crippen molar-refractivity contribution in [2.24, 2.45) is 5.73 Å². The molecule has 2 N–H and O–H groups in total. The predicted molar refractivity (Wildman–Crippen MR) is 78.7 cm³/mol. The maximum Gasteiger partial charge on any atom is 0.159 e. The molecule has 106 valence electrons. The highest BCUT2D eigenvalue weighted by molar-refractivity contribution is 5.78. The first-order valence-corrected chi connectivity index (χ1v) is 6.67. The van der Waals surface area contributed by atoms with Crippen LogP contribution in [0, 0.1) is 11.6 Å². The molecule has 4 heteroatoms. The second kappa shape index (κ2) is 5.58. The lowest BCUT2D eigenvalue weighted by atomic mass is 9.99. The molecule has 0 aliphatic carbocycles. The van der Waals surface area contributed by atoms with Crippen molar-refractivity contribution in [3.05, 3.63) is 77.5 Å². The van der Waals surface area contributed by atoms with E-state index in [4.69, 9.17) is 5.73 Å². The van der Waals surface area contributed by atoms with Crippen LogP contribution in [0.3, 0.4) is 0 Å². The molecule has 0 saturated heterocycles. The van der Waals surface area contributed by atoms with Crippen molar-refractivity contribution in [2.75, 3.05) is 0 Å². The van der Waals surface area contributed by atoms with Crippen LogP contribution >= 0.6 is 0 Å². The van der Waals surface area contributed by atoms with Crippen LogP contribution in [0.15, 0.2) is 54.7 Å². The molecule has 0 aliphatic heterocycles. The van der Waals surface area contributed by atoms with E-state index in [2.05, 4.69) is 4.98 Å². The highest BCUT2D eigenvalue weighted by Gasteiger charge is 2.10. The molecule has 1 heterocycles. The highest BCUT2D eigenvalue weighted by Crippen LogP contribution is 2.20. The minimum Gasteiger partial charge on any atom is -0.324 e. The van der Waals surface area contributed by atoms with Gasteiger partial charge >= 0.3 is 0 Å². The first-order chi connectivity index (χ1) is 10.1. The SMILES string of the molecule is NC(Cc1ccc(F)c(F)c1)c1cnc2ccccc2c1. The van der Waals surface area contributed by atoms with Crippen LogP contribution < -0.4 is 5.73 Å². The van der Waals surface area contributed by atoms with E-state index in [1.54, 1.807) is 12.3 Å². The number of aromatic nitrogens is 1. The predicted octanol–water partition coefficient (Wildman–Crippen LogP) is 3.76. The molecule has 1 atom stereocenters. The van der Waals surface area contributed by atoms with Gasteiger partial charge in [-0.3, -0.25) is 4.98 Å². The number of hydrogen-bond acceptors (Lipinski definition) is 2. The summed E-state index contributed by atoms with van der Waals surface area (Å²) in [6.45, 7) is 0. The van der Waals surface area contributed by atoms with Gasteiger partial charge in [-0.2, -0.15) is 0 Å². The summed E-state index contributed by atoms with van der Waals surface area (Å²) >= 11 is 0. The Bertz CT molecular complexity index is 787. The average molecular weight is 284 g/mol. The Labute approximate surface area is 121 Å². The topological polar surface area (TPSA) is 38.9 Å². The van der Waals surface area contributed by atoms with E-state index in [9.17, 15) is 8.78 Å². The van der Waals surface area contributed by atoms with Gasteiger partial charge in [-0.05, 0) is 41.8 Å². The summed E-state index contributed by atoms with van der Waals surface area (Å²) in [5.41, 5.74) is 8.59. The number of fused-ring (bicyclic) bond motifs is 1. The van der Waals surface area contributed by atoms with Gasteiger partial charge in [0.1, 0.15) is 0 Å². The third kappa shape index (κ3) is 2.90. The maximum atomic E-state index is 13.2. The molecule has 21 heavy (non-hydrogen) atoms. The number of rotatable bonds is 3. The van der Waals surface area contributed by atoms with Gasteiger partial charge in [-0.1, -0.05) is 24.3 Å². The number of nitrogens with two attached hydrogens (primary N) is 1. The summed E-state index contributed by atoms with van der Waals surface area (Å²) < 4.78 is 26.1. The number of pyridine rings is 1. The van der Waals surface area contributed by atoms with E-state index in [0.717, 1.165) is 22.5 Å². The Morgan fingerprint density at radius 1 is 1.00 bits per heavy atom. The van der Waals surface area contributed by atoms with E-state index in [1.807, 2.05) is 30.3 Å². The fraction of sp³-hybridized carbons (Fsp3) is 0.118. The molecule has 0 aliphatic rings. The van der Waals surface area contributed by atoms with Gasteiger partial charge in [0.25, 0.3) is 0 Å². The van der Waals surface area contributed by atoms with E-state index in [-0.39, 0.29) is 6.04 Å². The van der Waals surface area contributed by atoms with Gasteiger partial charge in [-0.25, -0.2) is 8.78 Å². The van der Waals surface area contributed by atoms with Crippen LogP contribution in [-0.2, 0) is 6.42 Å². The molecule has 3 rings (SSSR count). The minimum absolute atomic E-state index is 0.313. The number of nitrogens with zero attached hydrogens (tertiary/aromatic N) is 1. The molecule has 0 saturated carbocycles. The zero-order chi connectivity index (χ0) is 14.8. The molecular weight excluding hydrogens is 270 g/mol. The Morgan fingerprint density at radius 2 is 1.81 bits per heavy atom. The molecule has 1 aromatic heterocycles. The molecule has 2 nitrogen and oxygen atoms in total. The van der Waals surface area contributed by atoms with E-state index in [0.29, 0.717) is 12.0 Å². The lowest BCUT2D eigenvalue weighted by Crippen LogP contribution is -2.14. The first kappa shape index (κ1) is 13.6. The molecule has 0 amide bonds. The van der Waals surface area contributed by atoms with E-state index < -0.39 is 11.6 Å². The van der Waals surface area contributed by atoms with Gasteiger partial charge in [0, 0.05) is 17.6 Å². The van der Waals surface area contributed by atoms with Gasteiger partial charge in [0.15, 0.2) is 11.6 Å². The van der Waals surface area contributed by atoms with Gasteiger partial charge in [-0.15, -0.1) is 0 Å². The number of benzene rings is 2. The zero-order valence-corrected chi connectivity index (χ0v) is 11.3. The van der Waals surface area contributed by atoms with E-state index in [1.165, 1.54) is 6.07 Å². The number of para-hydroxylation sites is 1. The first-order valence-electron chi connectivity index (χ1n) is 6.67. The molecular formula is C17H14F2N2. The molecule has 0 fully saturated rings. The van der Waals surface area contributed by atoms with Gasteiger partial charge in [0.05, 0.1) is 5.52 Å². The Balaban J connectivity index is 1.85. The van der Waals surface area contributed by atoms with Crippen molar-refractivity contribution in [3.63, 3.8) is 0 Å². The molecule has 2 aromatic carbocycles. The standard InChI is InChI=1S/C17H14F2N2/c18-14-6-5-11(7-15(14)19)8-16(20)13-9-12-3-1-2-4-17(12)21-10-13/h1-7,9-10,16H,8,20H2. The molecule has 1 unspecified atom stereocenters. The summed E-state index contributed by atoms with van der Waals surface area (Å²) in [7, 11) is 0. The lowest BCUT2D eigenvalue weighted by molar-refractivity contribution is 0.506. The minimum atomic E-state index is -0.851. The molecule has 0 radical (unpaired) electrons. The van der Waals surface area contributed by atoms with Crippen LogP contribution in [0.5, 0.6) is 0 Å². The Hall–Kier alpha value is -2.33. The van der Waals surface area contributed by atoms with Crippen LogP contribution in [-0.4, -0.2) is 4.98 Å². The normalized spacial score (nSPS) is 12.5. The second-order valence-corrected chi connectivity index (χ2v) is 5.02. The summed E-state index contributed by atoms with van der Waals surface area (Å²) in [5.74, 6) is -1.70. The Morgan fingerprint density at radius 3 is 2.62 bits per heavy atom. The fourth-order valence-electron chi connectivity index (χ4n) is 2.33. The maximum absolute atomic E-state index is 13.2. The lowest BCUT2D eigenvalue weighted by Gasteiger charge is -2.13. The number of hydrogen-bond donors (Lipinski definition) is 1. The van der Waals surface area contributed by atoms with Gasteiger partial charge < -0.3 is 5.73 Å². The van der Waals surface area contributed by atoms with Crippen molar-refractivity contribution in [2.45, 2.75) is 12.5 Å². The summed E-state index contributed by atoms with van der Waals surface area (Å²) in [6.07, 6.45) is 2.16. The van der Waals surface area contributed by atoms with Gasteiger partial charge in [0.2, 0.25) is 0 Å². The third-order valence-electron chi connectivity index (χ3n) is 3.48. The summed E-state index contributed by atoms with van der Waals surface area (Å²) in [5, 5.41) is 1.01. The molecule has 0 bridgehead atoms. The summed E-state index contributed by atoms with van der Waals surface area (Å²) in [6, 6.07) is 13.3. The molecule has 0 spiro atoms.